The van der Waals surface area contributed by atoms with Gasteiger partial charge in [-0.2, -0.15) is 0 Å². The molecule has 0 aromatic carbocycles. The molecule has 1 heteroatoms. The summed E-state index contributed by atoms with van der Waals surface area (Å²) in [6.45, 7) is 0. The minimum atomic E-state index is 0.0856. The Bertz CT molecular complexity index is 94.6. The van der Waals surface area contributed by atoms with Crippen molar-refractivity contribution in [3.63, 3.8) is 0 Å². The fourth-order valence-corrected chi connectivity index (χ4v) is 1.58. The lowest BCUT2D eigenvalue weighted by Gasteiger charge is -2.32. The van der Waals surface area contributed by atoms with Crippen LogP contribution in [-0.2, 0) is 0 Å². The van der Waals surface area contributed by atoms with Crippen molar-refractivity contribution in [2.45, 2.75) is 31.8 Å². The monoisotopic (exact) mass is 112 g/mol. The summed E-state index contributed by atoms with van der Waals surface area (Å²) in [4.78, 5) is 0. The van der Waals surface area contributed by atoms with E-state index in [0.29, 0.717) is 0 Å². The summed E-state index contributed by atoms with van der Waals surface area (Å²) < 4.78 is 0. The second kappa shape index (κ2) is 1.47. The Kier molecular flexibility index (Phi) is 0.884. The number of aliphatic hydroxyl groups is 1. The molecular formula is C7H12O. The van der Waals surface area contributed by atoms with Crippen LogP contribution in [0.3, 0.4) is 0 Å². The maximum absolute atomic E-state index is 9.12. The Morgan fingerprint density at radius 3 is 1.88 bits per heavy atom. The summed E-state index contributed by atoms with van der Waals surface area (Å²) in [6.07, 6.45) is 5.23. The molecule has 0 aliphatic heterocycles. The quantitative estimate of drug-likeness (QED) is 0.539. The molecule has 1 nitrogen and oxygen atoms in total. The van der Waals surface area contributed by atoms with Crippen molar-refractivity contribution >= 4 is 0 Å². The van der Waals surface area contributed by atoms with Crippen LogP contribution in [0.1, 0.15) is 25.7 Å². The molecule has 46 valence electrons. The predicted molar refractivity (Wildman–Crippen MR) is 31.5 cm³/mol. The summed E-state index contributed by atoms with van der Waals surface area (Å²) in [7, 11) is 0. The lowest BCUT2D eigenvalue weighted by atomic mass is 9.78. The molecule has 0 amide bonds. The second-order valence-electron chi connectivity index (χ2n) is 3.15. The van der Waals surface area contributed by atoms with Gasteiger partial charge in [-0.1, -0.05) is 0 Å². The molecule has 8 heavy (non-hydrogen) atoms. The Hall–Kier alpha value is -0.0400. The van der Waals surface area contributed by atoms with Gasteiger partial charge in [0.05, 0.1) is 6.10 Å². The fourth-order valence-electron chi connectivity index (χ4n) is 1.58. The van der Waals surface area contributed by atoms with Crippen LogP contribution in [0, 0.1) is 11.8 Å². The van der Waals surface area contributed by atoms with Gasteiger partial charge in [-0.25, -0.2) is 0 Å². The number of rotatable bonds is 1. The van der Waals surface area contributed by atoms with E-state index in [1.54, 1.807) is 0 Å². The van der Waals surface area contributed by atoms with Crippen LogP contribution in [0.5, 0.6) is 0 Å². The van der Waals surface area contributed by atoms with Crippen LogP contribution in [0.15, 0.2) is 0 Å². The van der Waals surface area contributed by atoms with Crippen molar-refractivity contribution in [2.75, 3.05) is 0 Å². The molecule has 2 fully saturated rings. The third kappa shape index (κ3) is 0.576. The van der Waals surface area contributed by atoms with Crippen molar-refractivity contribution < 1.29 is 5.11 Å². The minimum absolute atomic E-state index is 0.0856. The van der Waals surface area contributed by atoms with Gasteiger partial charge in [-0.3, -0.25) is 0 Å². The smallest absolute Gasteiger partial charge is 0.0571 e. The molecule has 2 rings (SSSR count). The van der Waals surface area contributed by atoms with E-state index in [4.69, 9.17) is 5.11 Å². The molecule has 0 bridgehead atoms. The topological polar surface area (TPSA) is 20.2 Å². The molecule has 0 unspecified atom stereocenters. The molecule has 0 aromatic rings. The standard InChI is InChI=1S/C7H12O/c8-7-4-3-6(7)5-1-2-5/h5-8H,1-4H2/t6-,7+/m1/s1. The molecule has 0 saturated heterocycles. The summed E-state index contributed by atoms with van der Waals surface area (Å²) >= 11 is 0. The van der Waals surface area contributed by atoms with Crippen molar-refractivity contribution in [3.05, 3.63) is 0 Å². The summed E-state index contributed by atoms with van der Waals surface area (Å²) in [5.74, 6) is 1.65. The van der Waals surface area contributed by atoms with Gasteiger partial charge < -0.3 is 5.11 Å². The van der Waals surface area contributed by atoms with E-state index in [1.165, 1.54) is 19.3 Å². The third-order valence-electron chi connectivity index (χ3n) is 2.52. The van der Waals surface area contributed by atoms with Gasteiger partial charge in [0.15, 0.2) is 0 Å². The van der Waals surface area contributed by atoms with Crippen molar-refractivity contribution in [1.82, 2.24) is 0 Å². The van der Waals surface area contributed by atoms with Crippen molar-refractivity contribution in [2.24, 2.45) is 11.8 Å². The lowest BCUT2D eigenvalue weighted by Crippen LogP contribution is -2.32. The average molecular weight is 112 g/mol. The predicted octanol–water partition coefficient (Wildman–Crippen LogP) is 1.17. The van der Waals surface area contributed by atoms with Gasteiger partial charge >= 0.3 is 0 Å². The number of hydrogen-bond acceptors (Lipinski definition) is 1. The highest BCUT2D eigenvalue weighted by molar-refractivity contribution is 4.91. The van der Waals surface area contributed by atoms with Gasteiger partial charge in [0, 0.05) is 0 Å². The molecule has 2 aliphatic carbocycles. The summed E-state index contributed by atoms with van der Waals surface area (Å²) in [5.41, 5.74) is 0. The van der Waals surface area contributed by atoms with Crippen molar-refractivity contribution in [3.8, 4) is 0 Å². The maximum Gasteiger partial charge on any atom is 0.0571 e. The summed E-state index contributed by atoms with van der Waals surface area (Å²) in [6, 6.07) is 0. The SMILES string of the molecule is O[C@H]1CC[C@@H]1C1CC1. The normalized spacial score (nSPS) is 46.1. The third-order valence-corrected chi connectivity index (χ3v) is 2.52. The first-order chi connectivity index (χ1) is 3.88. The molecule has 0 heterocycles. The van der Waals surface area contributed by atoms with Gasteiger partial charge in [0.1, 0.15) is 0 Å². The zero-order chi connectivity index (χ0) is 5.56. The van der Waals surface area contributed by atoms with E-state index in [0.717, 1.165) is 18.3 Å². The molecule has 0 radical (unpaired) electrons. The van der Waals surface area contributed by atoms with Crippen LogP contribution in [-0.4, -0.2) is 11.2 Å². The number of aliphatic hydroxyl groups excluding tert-OH is 1. The molecule has 2 atom stereocenters. The first-order valence-electron chi connectivity index (χ1n) is 3.56. The first kappa shape index (κ1) is 4.80. The van der Waals surface area contributed by atoms with E-state index < -0.39 is 0 Å². The Balaban J connectivity index is 1.87. The zero-order valence-corrected chi connectivity index (χ0v) is 5.01. The van der Waals surface area contributed by atoms with E-state index in [2.05, 4.69) is 0 Å². The van der Waals surface area contributed by atoms with Gasteiger partial charge in [-0.05, 0) is 37.5 Å². The second-order valence-corrected chi connectivity index (χ2v) is 3.15. The van der Waals surface area contributed by atoms with Crippen LogP contribution in [0.4, 0.5) is 0 Å². The Labute approximate surface area is 49.7 Å². The molecule has 1 N–H and O–H groups in total. The fraction of sp³-hybridized carbons (Fsp3) is 1.00. The highest BCUT2D eigenvalue weighted by Crippen LogP contribution is 2.46. The highest BCUT2D eigenvalue weighted by Gasteiger charge is 2.40. The minimum Gasteiger partial charge on any atom is -0.393 e. The Morgan fingerprint density at radius 1 is 1.00 bits per heavy atom. The van der Waals surface area contributed by atoms with Gasteiger partial charge in [-0.15, -0.1) is 0 Å². The molecule has 0 spiro atoms. The molecular weight excluding hydrogens is 100 g/mol. The van der Waals surface area contributed by atoms with E-state index in [9.17, 15) is 0 Å². The Morgan fingerprint density at radius 2 is 1.75 bits per heavy atom. The van der Waals surface area contributed by atoms with Crippen LogP contribution < -0.4 is 0 Å². The van der Waals surface area contributed by atoms with Crippen LogP contribution >= 0.6 is 0 Å². The first-order valence-corrected chi connectivity index (χ1v) is 3.56. The highest BCUT2D eigenvalue weighted by atomic mass is 16.3. The van der Waals surface area contributed by atoms with E-state index >= 15 is 0 Å². The molecule has 0 aromatic heterocycles. The maximum atomic E-state index is 9.12. The van der Waals surface area contributed by atoms with E-state index in [-0.39, 0.29) is 6.10 Å². The largest absolute Gasteiger partial charge is 0.393 e. The van der Waals surface area contributed by atoms with E-state index in [1.807, 2.05) is 0 Å². The van der Waals surface area contributed by atoms with Crippen LogP contribution in [0.2, 0.25) is 0 Å². The van der Waals surface area contributed by atoms with Gasteiger partial charge in [0.25, 0.3) is 0 Å². The molecule has 2 aliphatic rings. The average Bonchev–Trinajstić information content (AvgIpc) is 2.46. The number of hydrogen-bond donors (Lipinski definition) is 1. The summed E-state index contributed by atoms with van der Waals surface area (Å²) in [5, 5.41) is 9.12. The van der Waals surface area contributed by atoms with Crippen molar-refractivity contribution in [1.29, 1.82) is 0 Å². The van der Waals surface area contributed by atoms with Crippen LogP contribution in [0.25, 0.3) is 0 Å². The van der Waals surface area contributed by atoms with Gasteiger partial charge in [0.2, 0.25) is 0 Å². The zero-order valence-electron chi connectivity index (χ0n) is 5.01. The molecule has 2 saturated carbocycles. The lowest BCUT2D eigenvalue weighted by molar-refractivity contribution is 0.0118.